The van der Waals surface area contributed by atoms with E-state index in [9.17, 15) is 0 Å². The molecule has 0 saturated carbocycles. The van der Waals surface area contributed by atoms with Crippen LogP contribution in [0.15, 0.2) is 29.4 Å². The van der Waals surface area contributed by atoms with E-state index in [1.807, 2.05) is 12.1 Å². The SMILES string of the molecule is NC(=S)N/N=C/c1ccc(Cl)cc1. The summed E-state index contributed by atoms with van der Waals surface area (Å²) in [5.41, 5.74) is 8.54. The molecule has 0 aromatic heterocycles. The fourth-order valence-electron chi connectivity index (χ4n) is 0.719. The monoisotopic (exact) mass is 213 g/mol. The van der Waals surface area contributed by atoms with Crippen molar-refractivity contribution in [2.75, 3.05) is 0 Å². The number of benzene rings is 1. The molecule has 0 unspecified atom stereocenters. The predicted molar refractivity (Wildman–Crippen MR) is 59.0 cm³/mol. The molecule has 3 nitrogen and oxygen atoms in total. The van der Waals surface area contributed by atoms with Crippen molar-refractivity contribution in [1.82, 2.24) is 5.43 Å². The minimum absolute atomic E-state index is 0.144. The van der Waals surface area contributed by atoms with Gasteiger partial charge < -0.3 is 5.73 Å². The van der Waals surface area contributed by atoms with E-state index in [4.69, 9.17) is 17.3 Å². The van der Waals surface area contributed by atoms with Gasteiger partial charge in [-0.15, -0.1) is 0 Å². The number of hydrazone groups is 1. The normalized spacial score (nSPS) is 10.2. The zero-order valence-corrected chi connectivity index (χ0v) is 8.27. The molecule has 13 heavy (non-hydrogen) atoms. The molecule has 68 valence electrons. The van der Waals surface area contributed by atoms with Crippen molar-refractivity contribution in [1.29, 1.82) is 0 Å². The van der Waals surface area contributed by atoms with Crippen LogP contribution in [0.2, 0.25) is 5.02 Å². The topological polar surface area (TPSA) is 50.4 Å². The molecule has 3 N–H and O–H groups in total. The summed E-state index contributed by atoms with van der Waals surface area (Å²) in [5.74, 6) is 0. The molecule has 0 atom stereocenters. The fourth-order valence-corrected chi connectivity index (χ4v) is 0.898. The average Bonchev–Trinajstić information content (AvgIpc) is 2.08. The van der Waals surface area contributed by atoms with Crippen LogP contribution >= 0.6 is 23.8 Å². The van der Waals surface area contributed by atoms with E-state index in [0.717, 1.165) is 5.56 Å². The number of nitrogens with two attached hydrogens (primary N) is 1. The Kier molecular flexibility index (Phi) is 3.67. The number of hydrogen-bond acceptors (Lipinski definition) is 2. The van der Waals surface area contributed by atoms with Crippen molar-refractivity contribution in [2.45, 2.75) is 0 Å². The lowest BCUT2D eigenvalue weighted by molar-refractivity contribution is 1.04. The summed E-state index contributed by atoms with van der Waals surface area (Å²) in [4.78, 5) is 0. The molecule has 0 bridgehead atoms. The van der Waals surface area contributed by atoms with Gasteiger partial charge in [0.15, 0.2) is 5.11 Å². The fraction of sp³-hybridized carbons (Fsp3) is 0. The average molecular weight is 214 g/mol. The highest BCUT2D eigenvalue weighted by Crippen LogP contribution is 2.07. The molecule has 5 heteroatoms. The summed E-state index contributed by atoms with van der Waals surface area (Å²) in [7, 11) is 0. The Morgan fingerprint density at radius 3 is 2.62 bits per heavy atom. The molecule has 0 heterocycles. The standard InChI is InChI=1S/C8H8ClN3S/c9-7-3-1-6(2-4-7)5-11-12-8(10)13/h1-5H,(H3,10,12,13)/b11-5+. The quantitative estimate of drug-likeness (QED) is 0.445. The molecule has 0 fully saturated rings. The highest BCUT2D eigenvalue weighted by atomic mass is 35.5. The van der Waals surface area contributed by atoms with Crippen molar-refractivity contribution in [3.8, 4) is 0 Å². The summed E-state index contributed by atoms with van der Waals surface area (Å²) < 4.78 is 0. The molecule has 0 saturated heterocycles. The third-order valence-electron chi connectivity index (χ3n) is 1.26. The maximum atomic E-state index is 5.70. The van der Waals surface area contributed by atoms with Crippen LogP contribution in [0.25, 0.3) is 0 Å². The van der Waals surface area contributed by atoms with E-state index in [1.165, 1.54) is 0 Å². The second-order valence-corrected chi connectivity index (χ2v) is 3.16. The van der Waals surface area contributed by atoms with Gasteiger partial charge in [0.05, 0.1) is 6.21 Å². The van der Waals surface area contributed by atoms with Gasteiger partial charge in [-0.3, -0.25) is 5.43 Å². The first-order valence-corrected chi connectivity index (χ1v) is 4.31. The van der Waals surface area contributed by atoms with Crippen LogP contribution in [0, 0.1) is 0 Å². The van der Waals surface area contributed by atoms with Crippen LogP contribution in [0.1, 0.15) is 5.56 Å². The first-order chi connectivity index (χ1) is 6.18. The van der Waals surface area contributed by atoms with E-state index in [1.54, 1.807) is 18.3 Å². The molecule has 0 radical (unpaired) electrons. The van der Waals surface area contributed by atoms with Crippen molar-refractivity contribution in [3.05, 3.63) is 34.9 Å². The van der Waals surface area contributed by atoms with Gasteiger partial charge >= 0.3 is 0 Å². The van der Waals surface area contributed by atoms with Crippen LogP contribution in [-0.4, -0.2) is 11.3 Å². The van der Waals surface area contributed by atoms with Gasteiger partial charge in [-0.25, -0.2) is 0 Å². The first-order valence-electron chi connectivity index (χ1n) is 3.52. The Balaban J connectivity index is 2.59. The zero-order valence-electron chi connectivity index (χ0n) is 6.70. The minimum atomic E-state index is 0.144. The number of nitrogens with one attached hydrogen (secondary N) is 1. The molecule has 0 aliphatic heterocycles. The van der Waals surface area contributed by atoms with E-state index in [2.05, 4.69) is 22.7 Å². The van der Waals surface area contributed by atoms with E-state index in [-0.39, 0.29) is 5.11 Å². The number of hydrogen-bond donors (Lipinski definition) is 2. The maximum Gasteiger partial charge on any atom is 0.184 e. The van der Waals surface area contributed by atoms with Crippen molar-refractivity contribution < 1.29 is 0 Å². The van der Waals surface area contributed by atoms with Gasteiger partial charge in [0.2, 0.25) is 0 Å². The number of halogens is 1. The van der Waals surface area contributed by atoms with Crippen LogP contribution < -0.4 is 11.2 Å². The molecular formula is C8H8ClN3S. The Labute approximate surface area is 86.6 Å². The minimum Gasteiger partial charge on any atom is -0.375 e. The van der Waals surface area contributed by atoms with Gasteiger partial charge in [0, 0.05) is 5.02 Å². The van der Waals surface area contributed by atoms with Gasteiger partial charge in [0.25, 0.3) is 0 Å². The van der Waals surface area contributed by atoms with Gasteiger partial charge in [-0.05, 0) is 29.9 Å². The molecule has 1 aromatic carbocycles. The molecular weight excluding hydrogens is 206 g/mol. The molecule has 1 aromatic rings. The summed E-state index contributed by atoms with van der Waals surface area (Å²) in [6, 6.07) is 7.24. The smallest absolute Gasteiger partial charge is 0.184 e. The Morgan fingerprint density at radius 2 is 2.08 bits per heavy atom. The number of thiocarbonyl (C=S) groups is 1. The second kappa shape index (κ2) is 4.79. The predicted octanol–water partition coefficient (Wildman–Crippen LogP) is 1.51. The lowest BCUT2D eigenvalue weighted by Gasteiger charge is -1.94. The lowest BCUT2D eigenvalue weighted by atomic mass is 10.2. The van der Waals surface area contributed by atoms with Crippen LogP contribution in [0.3, 0.4) is 0 Å². The maximum absolute atomic E-state index is 5.70. The Bertz CT molecular complexity index is 321. The molecule has 0 aliphatic carbocycles. The van der Waals surface area contributed by atoms with Crippen molar-refractivity contribution in [3.63, 3.8) is 0 Å². The summed E-state index contributed by atoms with van der Waals surface area (Å²) in [6.07, 6.45) is 1.61. The van der Waals surface area contributed by atoms with Crippen molar-refractivity contribution >= 4 is 35.1 Å². The first kappa shape index (κ1) is 9.95. The summed E-state index contributed by atoms with van der Waals surface area (Å²) >= 11 is 10.3. The van der Waals surface area contributed by atoms with Gasteiger partial charge in [-0.2, -0.15) is 5.10 Å². The molecule has 0 spiro atoms. The van der Waals surface area contributed by atoms with Crippen LogP contribution in [0.4, 0.5) is 0 Å². The Hall–Kier alpha value is -1.13. The third-order valence-corrected chi connectivity index (χ3v) is 1.60. The van der Waals surface area contributed by atoms with Gasteiger partial charge in [0.1, 0.15) is 0 Å². The summed E-state index contributed by atoms with van der Waals surface area (Å²) in [6.45, 7) is 0. The summed E-state index contributed by atoms with van der Waals surface area (Å²) in [5, 5.41) is 4.62. The molecule has 0 aliphatic rings. The van der Waals surface area contributed by atoms with E-state index < -0.39 is 0 Å². The van der Waals surface area contributed by atoms with E-state index >= 15 is 0 Å². The van der Waals surface area contributed by atoms with E-state index in [0.29, 0.717) is 5.02 Å². The Morgan fingerprint density at radius 1 is 1.46 bits per heavy atom. The second-order valence-electron chi connectivity index (χ2n) is 2.29. The van der Waals surface area contributed by atoms with Crippen molar-refractivity contribution in [2.24, 2.45) is 10.8 Å². The zero-order chi connectivity index (χ0) is 9.68. The number of nitrogens with zero attached hydrogens (tertiary/aromatic N) is 1. The molecule has 0 amide bonds. The van der Waals surface area contributed by atoms with Crippen LogP contribution in [0.5, 0.6) is 0 Å². The third kappa shape index (κ3) is 3.87. The highest BCUT2D eigenvalue weighted by molar-refractivity contribution is 7.80. The largest absolute Gasteiger partial charge is 0.375 e. The highest BCUT2D eigenvalue weighted by Gasteiger charge is 1.87. The van der Waals surface area contributed by atoms with Crippen LogP contribution in [-0.2, 0) is 0 Å². The van der Waals surface area contributed by atoms with Gasteiger partial charge in [-0.1, -0.05) is 23.7 Å². The number of rotatable bonds is 2. The lowest BCUT2D eigenvalue weighted by Crippen LogP contribution is -2.23. The molecule has 1 rings (SSSR count).